The Bertz CT molecular complexity index is 474. The molecule has 1 aromatic rings. The predicted molar refractivity (Wildman–Crippen MR) is 60.8 cm³/mol. The summed E-state index contributed by atoms with van der Waals surface area (Å²) >= 11 is 11.2. The third-order valence-electron chi connectivity index (χ3n) is 2.39. The van der Waals surface area contributed by atoms with E-state index in [4.69, 9.17) is 23.2 Å². The molecular weight excluding hydrogens is 333 g/mol. The Labute approximate surface area is 119 Å². The second kappa shape index (κ2) is 5.81. The second-order valence-electron chi connectivity index (χ2n) is 3.86. The fourth-order valence-corrected chi connectivity index (χ4v) is 2.06. The molecule has 1 nitrogen and oxygen atoms in total. The van der Waals surface area contributed by atoms with E-state index < -0.39 is 30.5 Å². The van der Waals surface area contributed by atoms with Crippen molar-refractivity contribution < 1.29 is 31.1 Å². The molecule has 20 heavy (non-hydrogen) atoms. The first kappa shape index (κ1) is 17.1. The molecule has 0 bridgehead atoms. The van der Waals surface area contributed by atoms with Crippen LogP contribution in [0.1, 0.15) is 5.56 Å². The van der Waals surface area contributed by atoms with Gasteiger partial charge in [0, 0.05) is 16.5 Å². The lowest BCUT2D eigenvalue weighted by molar-refractivity contribution is -0.273. The molecule has 0 fully saturated rings. The van der Waals surface area contributed by atoms with Gasteiger partial charge in [-0.15, -0.1) is 0 Å². The van der Waals surface area contributed by atoms with Gasteiger partial charge in [-0.2, -0.15) is 26.3 Å². The minimum Gasteiger partial charge on any atom is -0.298 e. The Kier molecular flexibility index (Phi) is 4.97. The van der Waals surface area contributed by atoms with Gasteiger partial charge in [-0.1, -0.05) is 29.3 Å². The van der Waals surface area contributed by atoms with Crippen molar-refractivity contribution in [3.05, 3.63) is 33.8 Å². The molecular formula is C11H6Cl2F6O. The van der Waals surface area contributed by atoms with Crippen molar-refractivity contribution in [1.29, 1.82) is 0 Å². The molecule has 0 unspecified atom stereocenters. The van der Waals surface area contributed by atoms with E-state index >= 15 is 0 Å². The van der Waals surface area contributed by atoms with E-state index in [1.54, 1.807) is 0 Å². The van der Waals surface area contributed by atoms with Crippen LogP contribution in [0.15, 0.2) is 18.2 Å². The third kappa shape index (κ3) is 4.02. The lowest BCUT2D eigenvalue weighted by Crippen LogP contribution is -2.43. The summed E-state index contributed by atoms with van der Waals surface area (Å²) in [6.07, 6.45) is -12.6. The molecule has 0 aliphatic rings. The van der Waals surface area contributed by atoms with Crippen molar-refractivity contribution in [1.82, 2.24) is 0 Å². The first-order chi connectivity index (χ1) is 8.94. The molecule has 0 radical (unpaired) electrons. The molecule has 0 spiro atoms. The molecule has 0 heterocycles. The number of Topliss-reactive ketones (excluding diaryl/α,β-unsaturated/α-hetero) is 1. The van der Waals surface area contributed by atoms with Crippen LogP contribution < -0.4 is 0 Å². The molecule has 1 aromatic carbocycles. The number of alkyl halides is 6. The van der Waals surface area contributed by atoms with Crippen molar-refractivity contribution in [3.8, 4) is 0 Å². The first-order valence-electron chi connectivity index (χ1n) is 5.03. The highest BCUT2D eigenvalue weighted by Gasteiger charge is 2.60. The number of rotatable bonds is 3. The van der Waals surface area contributed by atoms with Crippen molar-refractivity contribution >= 4 is 29.0 Å². The van der Waals surface area contributed by atoms with E-state index in [0.717, 1.165) is 0 Å². The molecule has 9 heteroatoms. The van der Waals surface area contributed by atoms with E-state index in [2.05, 4.69) is 0 Å². The molecule has 112 valence electrons. The molecule has 1 rings (SSSR count). The maximum Gasteiger partial charge on any atom is 0.407 e. The normalized spacial score (nSPS) is 12.8. The maximum atomic E-state index is 12.4. The average Bonchev–Trinajstić information content (AvgIpc) is 2.19. The van der Waals surface area contributed by atoms with Crippen LogP contribution in [0, 0.1) is 5.92 Å². The highest BCUT2D eigenvalue weighted by molar-refractivity contribution is 6.36. The number of hydrogen-bond donors (Lipinski definition) is 0. The number of benzene rings is 1. The van der Waals surface area contributed by atoms with Gasteiger partial charge in [0.15, 0.2) is 5.78 Å². The fourth-order valence-electron chi connectivity index (χ4n) is 1.53. The number of ketones is 1. The summed E-state index contributed by atoms with van der Waals surface area (Å²) in [7, 11) is 0. The Hall–Kier alpha value is -0.950. The minimum atomic E-state index is -5.72. The van der Waals surface area contributed by atoms with Gasteiger partial charge in [0.25, 0.3) is 0 Å². The summed E-state index contributed by atoms with van der Waals surface area (Å²) in [6, 6.07) is 3.78. The molecule has 0 aromatic heterocycles. The Morgan fingerprint density at radius 1 is 1.00 bits per heavy atom. The lowest BCUT2D eigenvalue weighted by Gasteiger charge is -2.22. The lowest BCUT2D eigenvalue weighted by atomic mass is 9.96. The van der Waals surface area contributed by atoms with E-state index in [-0.39, 0.29) is 15.6 Å². The maximum absolute atomic E-state index is 12.4. The van der Waals surface area contributed by atoms with Crippen LogP contribution in [-0.2, 0) is 11.2 Å². The van der Waals surface area contributed by atoms with Crippen molar-refractivity contribution in [2.24, 2.45) is 5.92 Å². The highest BCUT2D eigenvalue weighted by Crippen LogP contribution is 2.41. The Balaban J connectivity index is 3.11. The third-order valence-corrected chi connectivity index (χ3v) is 3.10. The zero-order chi connectivity index (χ0) is 15.7. The summed E-state index contributed by atoms with van der Waals surface area (Å²) in [5, 5.41) is -0.345. The summed E-state index contributed by atoms with van der Waals surface area (Å²) in [5.41, 5.74) is -0.265. The molecule has 0 aliphatic heterocycles. The van der Waals surface area contributed by atoms with Crippen molar-refractivity contribution in [2.75, 3.05) is 0 Å². The zero-order valence-electron chi connectivity index (χ0n) is 9.45. The smallest absolute Gasteiger partial charge is 0.298 e. The predicted octanol–water partition coefficient (Wildman–Crippen LogP) is 4.85. The number of carbonyl (C=O) groups excluding carboxylic acids is 1. The summed E-state index contributed by atoms with van der Waals surface area (Å²) < 4.78 is 74.2. The Morgan fingerprint density at radius 3 is 1.75 bits per heavy atom. The molecule has 0 atom stereocenters. The van der Waals surface area contributed by atoms with Gasteiger partial charge in [0.05, 0.1) is 0 Å². The molecule has 0 saturated carbocycles. The monoisotopic (exact) mass is 338 g/mol. The van der Waals surface area contributed by atoms with Crippen molar-refractivity contribution in [3.63, 3.8) is 0 Å². The van der Waals surface area contributed by atoms with Gasteiger partial charge in [-0.25, -0.2) is 0 Å². The van der Waals surface area contributed by atoms with Crippen LogP contribution in [0.5, 0.6) is 0 Å². The fraction of sp³-hybridized carbons (Fsp3) is 0.364. The van der Waals surface area contributed by atoms with E-state index in [1.165, 1.54) is 18.2 Å². The SMILES string of the molecule is O=C(Cc1c(Cl)cccc1Cl)C(C(F)(F)F)C(F)(F)F. The van der Waals surface area contributed by atoms with Gasteiger partial charge >= 0.3 is 12.4 Å². The highest BCUT2D eigenvalue weighted by atomic mass is 35.5. The van der Waals surface area contributed by atoms with Gasteiger partial charge in [-0.05, 0) is 17.7 Å². The number of halogens is 8. The standard InChI is InChI=1S/C11H6Cl2F6O/c12-6-2-1-3-7(13)5(6)4-8(20)9(10(14,15)16)11(17,18)19/h1-3,9H,4H2. The van der Waals surface area contributed by atoms with Gasteiger partial charge in [-0.3, -0.25) is 4.79 Å². The largest absolute Gasteiger partial charge is 0.407 e. The molecule has 0 amide bonds. The van der Waals surface area contributed by atoms with Crippen LogP contribution in [-0.4, -0.2) is 18.1 Å². The molecule has 0 aliphatic carbocycles. The number of carbonyl (C=O) groups is 1. The van der Waals surface area contributed by atoms with Crippen LogP contribution in [0.2, 0.25) is 10.0 Å². The Morgan fingerprint density at radius 2 is 1.40 bits per heavy atom. The van der Waals surface area contributed by atoms with Crippen LogP contribution in [0.25, 0.3) is 0 Å². The van der Waals surface area contributed by atoms with Crippen molar-refractivity contribution in [2.45, 2.75) is 18.8 Å². The number of hydrogen-bond acceptors (Lipinski definition) is 1. The summed E-state index contributed by atoms with van der Waals surface area (Å²) in [4.78, 5) is 11.4. The van der Waals surface area contributed by atoms with Gasteiger partial charge in [0.2, 0.25) is 5.92 Å². The topological polar surface area (TPSA) is 17.1 Å². The average molecular weight is 339 g/mol. The minimum absolute atomic E-state index is 0.172. The molecule has 0 saturated heterocycles. The summed E-state index contributed by atoms with van der Waals surface area (Å²) in [5.74, 6) is -6.11. The second-order valence-corrected chi connectivity index (χ2v) is 4.67. The quantitative estimate of drug-likeness (QED) is 0.720. The molecule has 0 N–H and O–H groups in total. The van der Waals surface area contributed by atoms with Crippen LogP contribution in [0.4, 0.5) is 26.3 Å². The van der Waals surface area contributed by atoms with Crippen LogP contribution in [0.3, 0.4) is 0 Å². The van der Waals surface area contributed by atoms with E-state index in [1.807, 2.05) is 0 Å². The van der Waals surface area contributed by atoms with Gasteiger partial charge < -0.3 is 0 Å². The zero-order valence-corrected chi connectivity index (χ0v) is 11.0. The summed E-state index contributed by atoms with van der Waals surface area (Å²) in [6.45, 7) is 0. The van der Waals surface area contributed by atoms with Crippen LogP contribution >= 0.6 is 23.2 Å². The first-order valence-corrected chi connectivity index (χ1v) is 5.79. The van der Waals surface area contributed by atoms with Gasteiger partial charge in [0.1, 0.15) is 0 Å². The van der Waals surface area contributed by atoms with E-state index in [0.29, 0.717) is 0 Å². The van der Waals surface area contributed by atoms with E-state index in [9.17, 15) is 31.1 Å².